The smallest absolute Gasteiger partial charge is 0.317 e. The predicted octanol–water partition coefficient (Wildman–Crippen LogP) is -7.67. The standard InChI is InChI=1S/C69H112O36/c1-25-37(76)51(102-58-47(86)42(81)39(78)31(18-70)98-58)52(103-57-49(88)44(83)50(26(2)97-57)101-56-46(85)41(80)33(21-94-56)100-61-53(89)68(91,23-72)24-95-61)60(96-25)105-62(90)69-14-13-63(3,4)15-28(69)27-9-10-35-64(5)16-29(73)54(65(6,22-71)34(64)11-12-66(35,7)67(27,8)17-36(69)75)104-59-48(87)43(82)40(79)32(99-59)20-93-55-45(84)38(77)30(74)19-92-55/h9,25-26,28-61,70-89,91H,10-24H2,1-8H3/t25-,26-,28+,29+,30+,31-,32-,33-,34-,35-,36-,37+,38+,39-,40-,41+,42+,43+,44-,45-,46-,47-,48-,49+,50-,51+,52-,53+,54+,55+,56+,57+,58+,59+,60+,61+,64+,65+,66-,67-,68-,69-/m1/s1. The third kappa shape index (κ3) is 14.0. The van der Waals surface area contributed by atoms with Gasteiger partial charge in [0.05, 0.1) is 76.8 Å². The van der Waals surface area contributed by atoms with E-state index >= 15 is 4.79 Å². The zero-order valence-electron chi connectivity index (χ0n) is 60.0. The SMILES string of the molecule is C[C@H]1O[C@@H](OC(=O)[C@]23CCC(C)(C)C[C@H]2C2=CC[C@@H]4[C@@]5(C)C[C@H](O)[C@H](O[C@@H]6O[C@H](CO[C@@H]7OC[C@H](O)[C@H](O)[C@H]7O)[C@@H](O)[C@H](O)[C@H]6O)[C@@](C)(CO)[C@@H]5CC[C@@]4(C)[C@]2(C)C[C@H]3O)[C@H](O[C@@H]2O[C@H](C)[C@@H](O[C@@H]3OC[C@@H](O[C@@H]4OC[C@](O)(CO)[C@H]4O)[C@H](O)[C@H]3O)[C@H](O)[C@@H]2O)[C@@H](O[C@@H]2O[C@H](CO)[C@@H](O)[C@H](O)[C@H]2O)[C@H]1O. The number of aliphatic hydroxyl groups excluding tert-OH is 20. The molecule has 12 aliphatic rings. The first-order chi connectivity index (χ1) is 49.2. The number of carbonyl (C=O) groups is 1. The van der Waals surface area contributed by atoms with E-state index in [-0.39, 0.29) is 31.8 Å². The average Bonchev–Trinajstić information content (AvgIpc) is 0.946. The maximum Gasteiger partial charge on any atom is 0.317 e. The van der Waals surface area contributed by atoms with Crippen molar-refractivity contribution >= 4 is 5.97 Å². The van der Waals surface area contributed by atoms with E-state index in [0.717, 1.165) is 5.57 Å². The van der Waals surface area contributed by atoms with Gasteiger partial charge in [-0.15, -0.1) is 0 Å². The predicted molar refractivity (Wildman–Crippen MR) is 344 cm³/mol. The molecule has 0 spiro atoms. The van der Waals surface area contributed by atoms with Gasteiger partial charge in [-0.3, -0.25) is 4.79 Å². The second-order valence-electron chi connectivity index (χ2n) is 33.6. The van der Waals surface area contributed by atoms with Crippen LogP contribution in [-0.4, -0.2) is 368 Å². The summed E-state index contributed by atoms with van der Waals surface area (Å²) < 4.78 is 83.5. The molecule has 7 heterocycles. The average molecular weight is 1520 g/mol. The number of aliphatic hydroxyl groups is 21. The van der Waals surface area contributed by atoms with Gasteiger partial charge < -0.3 is 174 Å². The Kier molecular flexibility index (Phi) is 24.0. The van der Waals surface area contributed by atoms with Gasteiger partial charge in [0.25, 0.3) is 0 Å². The van der Waals surface area contributed by atoms with Crippen LogP contribution in [0.3, 0.4) is 0 Å². The second-order valence-corrected chi connectivity index (χ2v) is 33.6. The highest BCUT2D eigenvalue weighted by Crippen LogP contribution is 2.76. The first kappa shape index (κ1) is 82.3. The van der Waals surface area contributed by atoms with Crippen LogP contribution in [0.1, 0.15) is 107 Å². The van der Waals surface area contributed by atoms with Crippen molar-refractivity contribution in [1.29, 1.82) is 0 Å². The van der Waals surface area contributed by atoms with E-state index in [1.54, 1.807) is 6.92 Å². The molecule has 36 nitrogen and oxygen atoms in total. The first-order valence-corrected chi connectivity index (χ1v) is 36.6. The molecule has 42 atom stereocenters. The molecule has 12 rings (SSSR count). The Bertz CT molecular complexity index is 3010. The fourth-order valence-electron chi connectivity index (χ4n) is 20.1. The molecule has 0 amide bonds. The molecule has 0 aromatic carbocycles. The molecule has 0 radical (unpaired) electrons. The number of rotatable bonds is 18. The van der Waals surface area contributed by atoms with E-state index in [1.807, 2.05) is 0 Å². The van der Waals surface area contributed by atoms with Gasteiger partial charge in [0, 0.05) is 5.41 Å². The molecular weight excluding hydrogens is 1400 g/mol. The van der Waals surface area contributed by atoms with E-state index in [2.05, 4.69) is 40.7 Å². The Labute approximate surface area is 605 Å². The molecule has 604 valence electrons. The topological polar surface area (TPSA) is 571 Å². The fourth-order valence-corrected chi connectivity index (χ4v) is 20.1. The Morgan fingerprint density at radius 2 is 1.10 bits per heavy atom. The van der Waals surface area contributed by atoms with Crippen LogP contribution in [0.5, 0.6) is 0 Å². The van der Waals surface area contributed by atoms with E-state index in [4.69, 9.17) is 66.3 Å². The molecular formula is C69H112O36. The molecule has 7 aliphatic heterocycles. The summed E-state index contributed by atoms with van der Waals surface area (Å²) in [6.07, 6.45) is -52.1. The van der Waals surface area contributed by atoms with E-state index in [1.165, 1.54) is 13.8 Å². The number of fused-ring (bicyclic) bond motifs is 7. The highest BCUT2D eigenvalue weighted by Gasteiger charge is 2.74. The fraction of sp³-hybridized carbons (Fsp3) is 0.957. The molecule has 21 N–H and O–H groups in total. The lowest BCUT2D eigenvalue weighted by atomic mass is 9.33. The van der Waals surface area contributed by atoms with Crippen LogP contribution in [0.15, 0.2) is 11.6 Å². The number of esters is 1. The Morgan fingerprint density at radius 1 is 0.514 bits per heavy atom. The van der Waals surface area contributed by atoms with E-state index < -0.39 is 298 Å². The number of ether oxygens (including phenoxy) is 14. The molecule has 7 saturated heterocycles. The van der Waals surface area contributed by atoms with E-state index in [9.17, 15) is 107 Å². The largest absolute Gasteiger partial charge is 0.432 e. The van der Waals surface area contributed by atoms with Crippen molar-refractivity contribution in [3.63, 3.8) is 0 Å². The number of allylic oxidation sites excluding steroid dienone is 2. The normalized spacial score (nSPS) is 55.8. The molecule has 0 aromatic heterocycles. The molecule has 0 unspecified atom stereocenters. The Morgan fingerprint density at radius 3 is 1.76 bits per heavy atom. The van der Waals surface area contributed by atoms with Crippen LogP contribution in [0.25, 0.3) is 0 Å². The first-order valence-electron chi connectivity index (χ1n) is 36.6. The van der Waals surface area contributed by atoms with Gasteiger partial charge in [-0.05, 0) is 105 Å². The highest BCUT2D eigenvalue weighted by molar-refractivity contribution is 5.80. The molecule has 11 fully saturated rings. The van der Waals surface area contributed by atoms with E-state index in [0.29, 0.717) is 32.1 Å². The lowest BCUT2D eigenvalue weighted by Crippen LogP contribution is -2.71. The number of hydrogen-bond acceptors (Lipinski definition) is 36. The quantitative estimate of drug-likeness (QED) is 0.0344. The zero-order valence-corrected chi connectivity index (χ0v) is 60.0. The third-order valence-corrected chi connectivity index (χ3v) is 26.7. The van der Waals surface area contributed by atoms with Gasteiger partial charge in [-0.1, -0.05) is 53.2 Å². The van der Waals surface area contributed by atoms with Crippen molar-refractivity contribution in [2.75, 3.05) is 46.2 Å². The number of hydrogen-bond donors (Lipinski definition) is 21. The molecule has 105 heavy (non-hydrogen) atoms. The lowest BCUT2D eigenvalue weighted by molar-refractivity contribution is -0.392. The lowest BCUT2D eigenvalue weighted by Gasteiger charge is -2.72. The molecule has 36 heteroatoms. The maximum absolute atomic E-state index is 16.1. The van der Waals surface area contributed by atoms with Crippen molar-refractivity contribution in [2.24, 2.45) is 50.2 Å². The van der Waals surface area contributed by atoms with Gasteiger partial charge >= 0.3 is 5.97 Å². The van der Waals surface area contributed by atoms with Crippen molar-refractivity contribution in [2.45, 2.75) is 315 Å². The van der Waals surface area contributed by atoms with Gasteiger partial charge in [0.2, 0.25) is 6.29 Å². The highest BCUT2D eigenvalue weighted by atomic mass is 16.8. The van der Waals surface area contributed by atoms with Crippen LogP contribution in [0, 0.1) is 50.2 Å². The number of carbonyl (C=O) groups excluding carboxylic acids is 1. The minimum absolute atomic E-state index is 0.00542. The molecule has 5 aliphatic carbocycles. The van der Waals surface area contributed by atoms with Gasteiger partial charge in [0.15, 0.2) is 43.8 Å². The molecule has 0 aromatic rings. The second kappa shape index (κ2) is 30.6. The summed E-state index contributed by atoms with van der Waals surface area (Å²) in [5.41, 5.74) is -6.99. The zero-order chi connectivity index (χ0) is 76.7. The minimum Gasteiger partial charge on any atom is -0.432 e. The Hall–Kier alpha value is -2.15. The monoisotopic (exact) mass is 1520 g/mol. The van der Waals surface area contributed by atoms with Crippen LogP contribution in [-0.2, 0) is 71.1 Å². The van der Waals surface area contributed by atoms with Gasteiger partial charge in [-0.25, -0.2) is 0 Å². The summed E-state index contributed by atoms with van der Waals surface area (Å²) in [6.45, 7) is 10.7. The summed E-state index contributed by atoms with van der Waals surface area (Å²) in [6, 6.07) is 0. The van der Waals surface area contributed by atoms with Crippen molar-refractivity contribution in [1.82, 2.24) is 0 Å². The maximum atomic E-state index is 16.1. The van der Waals surface area contributed by atoms with Gasteiger partial charge in [0.1, 0.15) is 133 Å². The third-order valence-electron chi connectivity index (χ3n) is 26.7. The summed E-state index contributed by atoms with van der Waals surface area (Å²) >= 11 is 0. The van der Waals surface area contributed by atoms with Crippen molar-refractivity contribution in [3.8, 4) is 0 Å². The summed E-state index contributed by atoms with van der Waals surface area (Å²) in [7, 11) is 0. The minimum atomic E-state index is -2.14. The van der Waals surface area contributed by atoms with Gasteiger partial charge in [-0.2, -0.15) is 0 Å². The molecule has 4 saturated carbocycles. The van der Waals surface area contributed by atoms with Crippen LogP contribution < -0.4 is 0 Å². The summed E-state index contributed by atoms with van der Waals surface area (Å²) in [5.74, 6) is -2.36. The summed E-state index contributed by atoms with van der Waals surface area (Å²) in [4.78, 5) is 16.1. The van der Waals surface area contributed by atoms with Crippen molar-refractivity contribution < 1.29 is 178 Å². The summed E-state index contributed by atoms with van der Waals surface area (Å²) in [5, 5.41) is 234. The van der Waals surface area contributed by atoms with Crippen LogP contribution in [0.2, 0.25) is 0 Å². The van der Waals surface area contributed by atoms with Crippen LogP contribution >= 0.6 is 0 Å². The van der Waals surface area contributed by atoms with Crippen molar-refractivity contribution in [3.05, 3.63) is 11.6 Å². The van der Waals surface area contributed by atoms with Crippen LogP contribution in [0.4, 0.5) is 0 Å². The molecule has 0 bridgehead atoms. The Balaban J connectivity index is 0.793.